The van der Waals surface area contributed by atoms with Gasteiger partial charge in [-0.15, -0.1) is 0 Å². The molecular weight excluding hydrogens is 320 g/mol. The molecular formula is C14H8N4O6. The van der Waals surface area contributed by atoms with Crippen molar-refractivity contribution in [2.75, 3.05) is 11.5 Å². The van der Waals surface area contributed by atoms with Gasteiger partial charge in [-0.05, 0) is 12.1 Å². The molecule has 10 heteroatoms. The molecule has 2 aromatic rings. The predicted octanol–water partition coefficient (Wildman–Crippen LogP) is 1.44. The number of nitro groups is 2. The van der Waals surface area contributed by atoms with Gasteiger partial charge in [0.15, 0.2) is 0 Å². The Kier molecular flexibility index (Phi) is 3.04. The second kappa shape index (κ2) is 4.84. The van der Waals surface area contributed by atoms with Crippen molar-refractivity contribution in [3.8, 4) is 0 Å². The fourth-order valence-corrected chi connectivity index (χ4v) is 2.72. The molecule has 0 atom stereocenters. The van der Waals surface area contributed by atoms with E-state index >= 15 is 0 Å². The largest absolute Gasteiger partial charge is 0.398 e. The van der Waals surface area contributed by atoms with Crippen LogP contribution >= 0.6 is 0 Å². The van der Waals surface area contributed by atoms with Gasteiger partial charge in [0.2, 0.25) is 11.6 Å². The Morgan fingerprint density at radius 2 is 1.00 bits per heavy atom. The minimum absolute atomic E-state index is 0.0935. The van der Waals surface area contributed by atoms with Crippen molar-refractivity contribution in [1.29, 1.82) is 0 Å². The second-order valence-corrected chi connectivity index (χ2v) is 5.02. The number of ketones is 2. The van der Waals surface area contributed by atoms with Crippen LogP contribution in [-0.4, -0.2) is 21.4 Å². The molecule has 0 amide bonds. The summed E-state index contributed by atoms with van der Waals surface area (Å²) in [6, 6.07) is 4.20. The van der Waals surface area contributed by atoms with Gasteiger partial charge in [-0.2, -0.15) is 0 Å². The third-order valence-electron chi connectivity index (χ3n) is 3.73. The van der Waals surface area contributed by atoms with Crippen LogP contribution in [0, 0.1) is 20.2 Å². The number of hydrogen-bond acceptors (Lipinski definition) is 8. The number of fused-ring (bicyclic) bond motifs is 2. The molecule has 0 saturated heterocycles. The number of anilines is 2. The molecule has 0 bridgehead atoms. The Balaban J connectivity index is 2.50. The highest BCUT2D eigenvalue weighted by Crippen LogP contribution is 2.41. The Labute approximate surface area is 133 Å². The molecule has 0 aromatic heterocycles. The summed E-state index contributed by atoms with van der Waals surface area (Å²) >= 11 is 0. The zero-order chi connectivity index (χ0) is 17.8. The zero-order valence-corrected chi connectivity index (χ0v) is 11.8. The number of nitro benzene ring substituents is 2. The summed E-state index contributed by atoms with van der Waals surface area (Å²) in [6.07, 6.45) is 0. The molecule has 0 saturated carbocycles. The molecule has 0 fully saturated rings. The number of benzene rings is 2. The van der Waals surface area contributed by atoms with E-state index in [1.807, 2.05) is 0 Å². The summed E-state index contributed by atoms with van der Waals surface area (Å²) in [4.78, 5) is 46.0. The van der Waals surface area contributed by atoms with Crippen LogP contribution in [0.15, 0.2) is 24.3 Å². The molecule has 4 N–H and O–H groups in total. The molecule has 0 aliphatic heterocycles. The van der Waals surface area contributed by atoms with Gasteiger partial charge >= 0.3 is 0 Å². The number of carbonyl (C=O) groups excluding carboxylic acids is 2. The minimum Gasteiger partial charge on any atom is -0.398 e. The van der Waals surface area contributed by atoms with E-state index in [-0.39, 0.29) is 22.5 Å². The third-order valence-corrected chi connectivity index (χ3v) is 3.73. The van der Waals surface area contributed by atoms with E-state index in [2.05, 4.69) is 0 Å². The maximum atomic E-state index is 12.7. The number of rotatable bonds is 2. The molecule has 1 aliphatic carbocycles. The number of carbonyl (C=O) groups is 2. The van der Waals surface area contributed by atoms with Crippen molar-refractivity contribution in [3.63, 3.8) is 0 Å². The predicted molar refractivity (Wildman–Crippen MR) is 81.9 cm³/mol. The monoisotopic (exact) mass is 328 g/mol. The van der Waals surface area contributed by atoms with Crippen LogP contribution in [0.5, 0.6) is 0 Å². The van der Waals surface area contributed by atoms with E-state index in [0.717, 1.165) is 12.1 Å². The number of nitrogens with two attached hydrogens (primary N) is 2. The second-order valence-electron chi connectivity index (χ2n) is 5.02. The summed E-state index contributed by atoms with van der Waals surface area (Å²) in [5.41, 5.74) is 7.96. The van der Waals surface area contributed by atoms with Gasteiger partial charge in [-0.1, -0.05) is 0 Å². The van der Waals surface area contributed by atoms with Crippen molar-refractivity contribution in [3.05, 3.63) is 66.7 Å². The highest BCUT2D eigenvalue weighted by molar-refractivity contribution is 6.34. The molecule has 24 heavy (non-hydrogen) atoms. The smallest absolute Gasteiger partial charge is 0.281 e. The highest BCUT2D eigenvalue weighted by atomic mass is 16.6. The molecule has 120 valence electrons. The van der Waals surface area contributed by atoms with Gasteiger partial charge < -0.3 is 11.5 Å². The maximum Gasteiger partial charge on any atom is 0.281 e. The van der Waals surface area contributed by atoms with Crippen LogP contribution in [-0.2, 0) is 0 Å². The first-order valence-corrected chi connectivity index (χ1v) is 6.48. The van der Waals surface area contributed by atoms with Crippen LogP contribution in [0.3, 0.4) is 0 Å². The standard InChI is InChI=1S/C14H8N4O6/c15-5-1-2-6(16)10-9(5)13(19)11-7(17(21)22)3-4-8(18(23)24)12(11)14(10)20/h1-4H,15-16H2. The number of nitrogen functional groups attached to an aromatic ring is 2. The molecule has 1 aliphatic rings. The normalized spacial score (nSPS) is 12.5. The van der Waals surface area contributed by atoms with Crippen molar-refractivity contribution in [2.24, 2.45) is 0 Å². The first-order chi connectivity index (χ1) is 11.3. The Morgan fingerprint density at radius 3 is 1.29 bits per heavy atom. The van der Waals surface area contributed by atoms with E-state index in [4.69, 9.17) is 11.5 Å². The Morgan fingerprint density at radius 1 is 0.667 bits per heavy atom. The summed E-state index contributed by atoms with van der Waals surface area (Å²) in [5, 5.41) is 22.4. The zero-order valence-electron chi connectivity index (χ0n) is 11.8. The lowest BCUT2D eigenvalue weighted by molar-refractivity contribution is -0.389. The van der Waals surface area contributed by atoms with Crippen LogP contribution in [0.4, 0.5) is 22.7 Å². The van der Waals surface area contributed by atoms with Crippen LogP contribution in [0.2, 0.25) is 0 Å². The number of hydrogen-bond donors (Lipinski definition) is 2. The number of nitrogens with zero attached hydrogens (tertiary/aromatic N) is 2. The fraction of sp³-hybridized carbons (Fsp3) is 0. The SMILES string of the molecule is Nc1ccc(N)c2c1C(=O)c1c([N+](=O)[O-])ccc([N+](=O)[O-])c1C2=O. The third kappa shape index (κ3) is 1.83. The summed E-state index contributed by atoms with van der Waals surface area (Å²) < 4.78 is 0. The summed E-state index contributed by atoms with van der Waals surface area (Å²) in [7, 11) is 0. The highest BCUT2D eigenvalue weighted by Gasteiger charge is 2.42. The van der Waals surface area contributed by atoms with Crippen molar-refractivity contribution in [1.82, 2.24) is 0 Å². The Hall–Kier alpha value is -3.82. The molecule has 0 unspecified atom stereocenters. The molecule has 10 nitrogen and oxygen atoms in total. The fourth-order valence-electron chi connectivity index (χ4n) is 2.72. The van der Waals surface area contributed by atoms with Crippen LogP contribution < -0.4 is 11.5 Å². The van der Waals surface area contributed by atoms with E-state index in [1.54, 1.807) is 0 Å². The van der Waals surface area contributed by atoms with Crippen LogP contribution in [0.25, 0.3) is 0 Å². The molecule has 0 radical (unpaired) electrons. The average molecular weight is 328 g/mol. The average Bonchev–Trinajstić information content (AvgIpc) is 2.53. The quantitative estimate of drug-likeness (QED) is 0.403. The van der Waals surface area contributed by atoms with Gasteiger partial charge in [0.05, 0.1) is 21.0 Å². The minimum atomic E-state index is -0.945. The van der Waals surface area contributed by atoms with Crippen LogP contribution in [0.1, 0.15) is 31.8 Å². The molecule has 2 aromatic carbocycles. The summed E-state index contributed by atoms with van der Waals surface area (Å²) in [6.45, 7) is 0. The first-order valence-electron chi connectivity index (χ1n) is 6.48. The van der Waals surface area contributed by atoms with E-state index in [9.17, 15) is 29.8 Å². The lowest BCUT2D eigenvalue weighted by atomic mass is 9.81. The molecule has 3 rings (SSSR count). The lowest BCUT2D eigenvalue weighted by Crippen LogP contribution is -2.26. The van der Waals surface area contributed by atoms with Gasteiger partial charge in [0, 0.05) is 23.5 Å². The van der Waals surface area contributed by atoms with E-state index in [0.29, 0.717) is 0 Å². The first kappa shape index (κ1) is 15.1. The maximum absolute atomic E-state index is 12.7. The van der Waals surface area contributed by atoms with E-state index in [1.165, 1.54) is 12.1 Å². The molecule has 0 heterocycles. The Bertz CT molecular complexity index is 904. The summed E-state index contributed by atoms with van der Waals surface area (Å²) in [5.74, 6) is -1.89. The van der Waals surface area contributed by atoms with Crippen molar-refractivity contribution < 1.29 is 19.4 Å². The topological polar surface area (TPSA) is 172 Å². The van der Waals surface area contributed by atoms with Crippen molar-refractivity contribution in [2.45, 2.75) is 0 Å². The lowest BCUT2D eigenvalue weighted by Gasteiger charge is -2.20. The van der Waals surface area contributed by atoms with Gasteiger partial charge in [0.1, 0.15) is 11.1 Å². The van der Waals surface area contributed by atoms with Gasteiger partial charge in [-0.3, -0.25) is 29.8 Å². The van der Waals surface area contributed by atoms with E-state index < -0.39 is 43.9 Å². The van der Waals surface area contributed by atoms with Gasteiger partial charge in [-0.25, -0.2) is 0 Å². The molecule has 0 spiro atoms. The van der Waals surface area contributed by atoms with Gasteiger partial charge in [0.25, 0.3) is 11.4 Å². The van der Waals surface area contributed by atoms with Crippen molar-refractivity contribution >= 4 is 34.3 Å².